The van der Waals surface area contributed by atoms with Gasteiger partial charge in [0.25, 0.3) is 0 Å². The van der Waals surface area contributed by atoms with Gasteiger partial charge in [-0.15, -0.1) is 11.8 Å². The van der Waals surface area contributed by atoms with Crippen molar-refractivity contribution in [2.45, 2.75) is 25.0 Å². The molecule has 3 nitrogen and oxygen atoms in total. The molecule has 108 valence electrons. The molecule has 2 rings (SSSR count). The first kappa shape index (κ1) is 15.3. The fourth-order valence-electron chi connectivity index (χ4n) is 2.37. The average molecular weight is 308 g/mol. The molecular weight excluding hydrogens is 288 g/mol. The molecule has 20 heavy (non-hydrogen) atoms. The van der Waals surface area contributed by atoms with Crippen LogP contribution in [0.4, 0.5) is 0 Å². The number of carbonyl (C=O) groups excluding carboxylic acids is 1. The summed E-state index contributed by atoms with van der Waals surface area (Å²) in [6.07, 6.45) is 3.53. The molecule has 0 aromatic heterocycles. The molecule has 1 fully saturated rings. The zero-order valence-corrected chi connectivity index (χ0v) is 13.1. The molecule has 1 aromatic carbocycles. The summed E-state index contributed by atoms with van der Waals surface area (Å²) in [6.45, 7) is 1.84. The Balaban J connectivity index is 1.83. The first-order valence-electron chi connectivity index (χ1n) is 6.91. The van der Waals surface area contributed by atoms with Crippen LogP contribution in [-0.2, 0) is 10.5 Å². The fourth-order valence-corrected chi connectivity index (χ4v) is 3.50. The number of carbonyl (C=O) groups is 1. The minimum absolute atomic E-state index is 0.252. The average Bonchev–Trinajstić information content (AvgIpc) is 2.48. The van der Waals surface area contributed by atoms with Crippen molar-refractivity contribution in [1.82, 2.24) is 4.90 Å². The number of hydrogen-bond donors (Lipinski definition) is 1. The normalized spacial score (nSPS) is 15.1. The number of thioether (sulfide) groups is 1. The largest absolute Gasteiger partial charge is 0.389 e. The highest BCUT2D eigenvalue weighted by Crippen LogP contribution is 2.18. The molecule has 0 bridgehead atoms. The summed E-state index contributed by atoms with van der Waals surface area (Å²) in [5.74, 6) is 1.56. The molecule has 0 radical (unpaired) electrons. The van der Waals surface area contributed by atoms with Crippen LogP contribution in [-0.4, -0.2) is 34.6 Å². The topological polar surface area (TPSA) is 46.3 Å². The summed E-state index contributed by atoms with van der Waals surface area (Å²) in [5, 5.41) is 0. The lowest BCUT2D eigenvalue weighted by Gasteiger charge is -2.26. The lowest BCUT2D eigenvalue weighted by molar-refractivity contribution is -0.129. The van der Waals surface area contributed by atoms with Crippen molar-refractivity contribution < 1.29 is 4.79 Å². The zero-order valence-electron chi connectivity index (χ0n) is 11.5. The number of amides is 1. The van der Waals surface area contributed by atoms with Crippen LogP contribution in [0.3, 0.4) is 0 Å². The number of likely N-dealkylation sites (tertiary alicyclic amines) is 1. The van der Waals surface area contributed by atoms with Gasteiger partial charge < -0.3 is 10.6 Å². The van der Waals surface area contributed by atoms with Gasteiger partial charge in [0, 0.05) is 24.4 Å². The summed E-state index contributed by atoms with van der Waals surface area (Å²) < 4.78 is 0. The van der Waals surface area contributed by atoms with Gasteiger partial charge in [-0.1, -0.05) is 36.5 Å². The minimum Gasteiger partial charge on any atom is -0.389 e. The lowest BCUT2D eigenvalue weighted by atomic mass is 10.1. The summed E-state index contributed by atoms with van der Waals surface area (Å²) in [5.41, 5.74) is 7.73. The molecule has 1 aromatic rings. The molecule has 1 amide bonds. The molecule has 0 unspecified atom stereocenters. The van der Waals surface area contributed by atoms with Crippen molar-refractivity contribution in [2.75, 3.05) is 18.8 Å². The van der Waals surface area contributed by atoms with E-state index in [0.29, 0.717) is 10.7 Å². The van der Waals surface area contributed by atoms with Crippen LogP contribution in [0.25, 0.3) is 0 Å². The highest BCUT2D eigenvalue weighted by Gasteiger charge is 2.16. The Morgan fingerprint density at radius 3 is 2.65 bits per heavy atom. The standard InChI is InChI=1S/C15H20N2OS2/c16-15(19)13-7-3-2-6-12(13)10-20-11-14(18)17-8-4-1-5-9-17/h2-3,6-7H,1,4-5,8-11H2,(H2,16,19). The van der Waals surface area contributed by atoms with Crippen molar-refractivity contribution in [3.63, 3.8) is 0 Å². The van der Waals surface area contributed by atoms with Crippen molar-refractivity contribution >= 4 is 34.9 Å². The molecule has 5 heteroatoms. The van der Waals surface area contributed by atoms with Gasteiger partial charge in [0.1, 0.15) is 4.99 Å². The van der Waals surface area contributed by atoms with Crippen molar-refractivity contribution in [3.05, 3.63) is 35.4 Å². The summed E-state index contributed by atoms with van der Waals surface area (Å²) in [4.78, 5) is 14.5. The van der Waals surface area contributed by atoms with Crippen LogP contribution < -0.4 is 5.73 Å². The van der Waals surface area contributed by atoms with Gasteiger partial charge in [0.15, 0.2) is 0 Å². The van der Waals surface area contributed by atoms with E-state index in [1.165, 1.54) is 6.42 Å². The van der Waals surface area contributed by atoms with Gasteiger partial charge in [-0.3, -0.25) is 4.79 Å². The van der Waals surface area contributed by atoms with Crippen molar-refractivity contribution in [1.29, 1.82) is 0 Å². The summed E-state index contributed by atoms with van der Waals surface area (Å²) in [7, 11) is 0. The van der Waals surface area contributed by atoms with Gasteiger partial charge in [-0.25, -0.2) is 0 Å². The maximum atomic E-state index is 12.1. The third-order valence-corrected chi connectivity index (χ3v) is 4.66. The summed E-state index contributed by atoms with van der Waals surface area (Å²) >= 11 is 6.68. The highest BCUT2D eigenvalue weighted by molar-refractivity contribution is 7.99. The maximum absolute atomic E-state index is 12.1. The minimum atomic E-state index is 0.252. The number of nitrogens with zero attached hydrogens (tertiary/aromatic N) is 1. The SMILES string of the molecule is NC(=S)c1ccccc1CSCC(=O)N1CCCCC1. The first-order chi connectivity index (χ1) is 9.68. The van der Waals surface area contributed by atoms with Crippen LogP contribution in [0.2, 0.25) is 0 Å². The Labute approximate surface area is 129 Å². The Morgan fingerprint density at radius 1 is 1.25 bits per heavy atom. The lowest BCUT2D eigenvalue weighted by Crippen LogP contribution is -2.36. The molecule has 1 aliphatic rings. The molecule has 1 saturated heterocycles. The third kappa shape index (κ3) is 4.21. The third-order valence-electron chi connectivity index (χ3n) is 3.47. The molecule has 0 aliphatic carbocycles. The predicted octanol–water partition coefficient (Wildman–Crippen LogP) is 2.57. The first-order valence-corrected chi connectivity index (χ1v) is 8.48. The van der Waals surface area contributed by atoms with Crippen LogP contribution in [0.5, 0.6) is 0 Å². The molecule has 1 heterocycles. The Bertz CT molecular complexity index is 485. The van der Waals surface area contributed by atoms with Gasteiger partial charge in [0.05, 0.1) is 5.75 Å². The van der Waals surface area contributed by atoms with Gasteiger partial charge in [0.2, 0.25) is 5.91 Å². The van der Waals surface area contributed by atoms with E-state index in [4.69, 9.17) is 18.0 Å². The van der Waals surface area contributed by atoms with Gasteiger partial charge >= 0.3 is 0 Å². The van der Waals surface area contributed by atoms with E-state index >= 15 is 0 Å². The molecule has 1 aliphatic heterocycles. The Kier molecular flexibility index (Phi) is 5.86. The molecular formula is C15H20N2OS2. The van der Waals surface area contributed by atoms with Gasteiger partial charge in [-0.05, 0) is 24.8 Å². The van der Waals surface area contributed by atoms with Crippen molar-refractivity contribution in [2.24, 2.45) is 5.73 Å². The van der Waals surface area contributed by atoms with E-state index in [2.05, 4.69) is 0 Å². The smallest absolute Gasteiger partial charge is 0.232 e. The van der Waals surface area contributed by atoms with E-state index in [0.717, 1.165) is 42.8 Å². The number of nitrogens with two attached hydrogens (primary N) is 1. The molecule has 0 spiro atoms. The maximum Gasteiger partial charge on any atom is 0.232 e. The van der Waals surface area contributed by atoms with Crippen LogP contribution >= 0.6 is 24.0 Å². The number of hydrogen-bond acceptors (Lipinski definition) is 3. The quantitative estimate of drug-likeness (QED) is 0.849. The Morgan fingerprint density at radius 2 is 1.95 bits per heavy atom. The number of rotatable bonds is 5. The summed E-state index contributed by atoms with van der Waals surface area (Å²) in [6, 6.07) is 7.86. The van der Waals surface area contributed by atoms with E-state index < -0.39 is 0 Å². The van der Waals surface area contributed by atoms with Crippen molar-refractivity contribution in [3.8, 4) is 0 Å². The zero-order chi connectivity index (χ0) is 14.4. The second kappa shape index (κ2) is 7.64. The second-order valence-corrected chi connectivity index (χ2v) is 6.38. The molecule has 0 atom stereocenters. The monoisotopic (exact) mass is 308 g/mol. The van der Waals surface area contributed by atoms with E-state index in [9.17, 15) is 4.79 Å². The molecule has 2 N–H and O–H groups in total. The number of thiocarbonyl (C=S) groups is 1. The predicted molar refractivity (Wildman–Crippen MR) is 88.9 cm³/mol. The number of piperidine rings is 1. The van der Waals surface area contributed by atoms with E-state index in [-0.39, 0.29) is 5.91 Å². The highest BCUT2D eigenvalue weighted by atomic mass is 32.2. The van der Waals surface area contributed by atoms with Crippen LogP contribution in [0, 0.1) is 0 Å². The fraction of sp³-hybridized carbons (Fsp3) is 0.467. The van der Waals surface area contributed by atoms with E-state index in [1.54, 1.807) is 11.8 Å². The van der Waals surface area contributed by atoms with Crippen LogP contribution in [0.1, 0.15) is 30.4 Å². The second-order valence-electron chi connectivity index (χ2n) is 4.96. The Hall–Kier alpha value is -1.07. The molecule has 0 saturated carbocycles. The number of benzene rings is 1. The van der Waals surface area contributed by atoms with Crippen LogP contribution in [0.15, 0.2) is 24.3 Å². The van der Waals surface area contributed by atoms with E-state index in [1.807, 2.05) is 29.2 Å². The van der Waals surface area contributed by atoms with Gasteiger partial charge in [-0.2, -0.15) is 0 Å².